The van der Waals surface area contributed by atoms with E-state index in [1.807, 2.05) is 0 Å². The molecule has 3 heterocycles. The molecular weight excluding hydrogens is 284 g/mol. The van der Waals surface area contributed by atoms with Gasteiger partial charge < -0.3 is 20.3 Å². The number of nitrogens with one attached hydrogen (secondary N) is 2. The molecule has 22 heavy (non-hydrogen) atoms. The summed E-state index contributed by atoms with van der Waals surface area (Å²) in [6, 6.07) is 1.79. The number of hydrogen-bond donors (Lipinski definition) is 3. The quantitative estimate of drug-likeness (QED) is 0.743. The Balaban J connectivity index is 1.89. The Morgan fingerprint density at radius 1 is 1.55 bits per heavy atom. The lowest BCUT2D eigenvalue weighted by Gasteiger charge is -2.18. The van der Waals surface area contributed by atoms with Crippen molar-refractivity contribution < 1.29 is 14.7 Å². The SMILES string of the molecule is C=CC(=O)N1CC[C@@H](Nc2c(C(=O)O)cnc3[nH]ccc23)C1. The van der Waals surface area contributed by atoms with Crippen LogP contribution in [-0.2, 0) is 4.79 Å². The highest BCUT2D eigenvalue weighted by atomic mass is 16.4. The van der Waals surface area contributed by atoms with E-state index in [9.17, 15) is 14.7 Å². The molecule has 1 aliphatic heterocycles. The number of carbonyl (C=O) groups excluding carboxylic acids is 1. The van der Waals surface area contributed by atoms with Crippen molar-refractivity contribution in [2.75, 3.05) is 18.4 Å². The van der Waals surface area contributed by atoms with Gasteiger partial charge in [-0.2, -0.15) is 0 Å². The molecule has 0 bridgehead atoms. The van der Waals surface area contributed by atoms with Gasteiger partial charge in [-0.25, -0.2) is 9.78 Å². The number of amides is 1. The molecule has 3 rings (SSSR count). The Labute approximate surface area is 126 Å². The van der Waals surface area contributed by atoms with Crippen LogP contribution in [0.15, 0.2) is 31.1 Å². The van der Waals surface area contributed by atoms with Crippen LogP contribution < -0.4 is 5.32 Å². The number of aromatic nitrogens is 2. The average Bonchev–Trinajstić information content (AvgIpc) is 3.15. The fourth-order valence-corrected chi connectivity index (χ4v) is 2.74. The van der Waals surface area contributed by atoms with Crippen molar-refractivity contribution in [1.29, 1.82) is 0 Å². The molecule has 3 N–H and O–H groups in total. The smallest absolute Gasteiger partial charge is 0.339 e. The van der Waals surface area contributed by atoms with Gasteiger partial charge in [0.1, 0.15) is 11.2 Å². The number of carboxylic acid groups (broad SMARTS) is 1. The van der Waals surface area contributed by atoms with E-state index >= 15 is 0 Å². The van der Waals surface area contributed by atoms with E-state index in [0.717, 1.165) is 11.8 Å². The zero-order valence-electron chi connectivity index (χ0n) is 11.9. The summed E-state index contributed by atoms with van der Waals surface area (Å²) in [5, 5.41) is 13.3. The maximum atomic E-state index is 11.6. The number of carboxylic acids is 1. The molecule has 2 aromatic heterocycles. The van der Waals surface area contributed by atoms with Crippen molar-refractivity contribution in [1.82, 2.24) is 14.9 Å². The third-order valence-corrected chi connectivity index (χ3v) is 3.84. The van der Waals surface area contributed by atoms with Gasteiger partial charge in [0.25, 0.3) is 0 Å². The average molecular weight is 300 g/mol. The van der Waals surface area contributed by atoms with Gasteiger partial charge in [-0.3, -0.25) is 4.79 Å². The minimum atomic E-state index is -1.03. The number of rotatable bonds is 4. The zero-order valence-corrected chi connectivity index (χ0v) is 11.9. The molecule has 1 fully saturated rings. The number of nitrogens with zero attached hydrogens (tertiary/aromatic N) is 2. The molecule has 0 radical (unpaired) electrons. The van der Waals surface area contributed by atoms with Crippen LogP contribution in [-0.4, -0.2) is 51.0 Å². The minimum Gasteiger partial charge on any atom is -0.478 e. The van der Waals surface area contributed by atoms with Crippen molar-refractivity contribution in [3.8, 4) is 0 Å². The number of hydrogen-bond acceptors (Lipinski definition) is 4. The lowest BCUT2D eigenvalue weighted by molar-refractivity contribution is -0.125. The van der Waals surface area contributed by atoms with E-state index in [2.05, 4.69) is 21.9 Å². The Morgan fingerprint density at radius 2 is 2.36 bits per heavy atom. The van der Waals surface area contributed by atoms with Crippen molar-refractivity contribution in [2.24, 2.45) is 0 Å². The summed E-state index contributed by atoms with van der Waals surface area (Å²) in [4.78, 5) is 31.8. The highest BCUT2D eigenvalue weighted by Gasteiger charge is 2.26. The first-order chi connectivity index (χ1) is 10.6. The summed E-state index contributed by atoms with van der Waals surface area (Å²) >= 11 is 0. The third kappa shape index (κ3) is 2.41. The number of likely N-dealkylation sites (tertiary alicyclic amines) is 1. The van der Waals surface area contributed by atoms with Gasteiger partial charge in [0, 0.05) is 36.9 Å². The number of pyridine rings is 1. The molecule has 1 saturated heterocycles. The molecule has 0 saturated carbocycles. The lowest BCUT2D eigenvalue weighted by Crippen LogP contribution is -2.30. The summed E-state index contributed by atoms with van der Waals surface area (Å²) in [5.41, 5.74) is 1.29. The summed E-state index contributed by atoms with van der Waals surface area (Å²) < 4.78 is 0. The summed E-state index contributed by atoms with van der Waals surface area (Å²) in [5.74, 6) is -1.14. The first kappa shape index (κ1) is 14.1. The van der Waals surface area contributed by atoms with Crippen molar-refractivity contribution >= 4 is 28.6 Å². The van der Waals surface area contributed by atoms with Crippen LogP contribution in [0, 0.1) is 0 Å². The zero-order chi connectivity index (χ0) is 15.7. The van der Waals surface area contributed by atoms with Crippen LogP contribution >= 0.6 is 0 Å². The van der Waals surface area contributed by atoms with Gasteiger partial charge in [-0.05, 0) is 18.6 Å². The summed E-state index contributed by atoms with van der Waals surface area (Å²) in [7, 11) is 0. The molecule has 7 heteroatoms. The molecule has 1 atom stereocenters. The van der Waals surface area contributed by atoms with Gasteiger partial charge in [-0.1, -0.05) is 6.58 Å². The van der Waals surface area contributed by atoms with Crippen molar-refractivity contribution in [3.05, 3.63) is 36.7 Å². The second-order valence-corrected chi connectivity index (χ2v) is 5.21. The second-order valence-electron chi connectivity index (χ2n) is 5.21. The minimum absolute atomic E-state index is 0.00231. The monoisotopic (exact) mass is 300 g/mol. The fraction of sp³-hybridized carbons (Fsp3) is 0.267. The highest BCUT2D eigenvalue weighted by Crippen LogP contribution is 2.27. The maximum Gasteiger partial charge on any atom is 0.339 e. The van der Waals surface area contributed by atoms with Crippen molar-refractivity contribution in [2.45, 2.75) is 12.5 Å². The van der Waals surface area contributed by atoms with E-state index in [0.29, 0.717) is 24.4 Å². The predicted octanol–water partition coefficient (Wildman–Crippen LogP) is 1.46. The molecule has 0 unspecified atom stereocenters. The molecule has 114 valence electrons. The van der Waals surface area contributed by atoms with Crippen LogP contribution in [0.1, 0.15) is 16.8 Å². The number of carbonyl (C=O) groups is 2. The van der Waals surface area contributed by atoms with Crippen LogP contribution in [0.3, 0.4) is 0 Å². The van der Waals surface area contributed by atoms with Crippen LogP contribution in [0.4, 0.5) is 5.69 Å². The number of anilines is 1. The first-order valence-corrected chi connectivity index (χ1v) is 6.97. The number of aromatic carboxylic acids is 1. The molecule has 0 aromatic carbocycles. The topological polar surface area (TPSA) is 98.3 Å². The Morgan fingerprint density at radius 3 is 3.09 bits per heavy atom. The van der Waals surface area contributed by atoms with E-state index in [-0.39, 0.29) is 17.5 Å². The van der Waals surface area contributed by atoms with Gasteiger partial charge in [0.05, 0.1) is 5.69 Å². The van der Waals surface area contributed by atoms with Gasteiger partial charge >= 0.3 is 5.97 Å². The number of fused-ring (bicyclic) bond motifs is 1. The first-order valence-electron chi connectivity index (χ1n) is 6.97. The largest absolute Gasteiger partial charge is 0.478 e. The van der Waals surface area contributed by atoms with E-state index < -0.39 is 5.97 Å². The van der Waals surface area contributed by atoms with Gasteiger partial charge in [0.2, 0.25) is 5.91 Å². The number of H-pyrrole nitrogens is 1. The Hall–Kier alpha value is -2.83. The molecule has 1 aliphatic rings. The molecule has 7 nitrogen and oxygen atoms in total. The van der Waals surface area contributed by atoms with Gasteiger partial charge in [0.15, 0.2) is 0 Å². The normalized spacial score (nSPS) is 17.6. The van der Waals surface area contributed by atoms with Gasteiger partial charge in [-0.15, -0.1) is 0 Å². The van der Waals surface area contributed by atoms with Crippen LogP contribution in [0.25, 0.3) is 11.0 Å². The fourth-order valence-electron chi connectivity index (χ4n) is 2.74. The summed E-state index contributed by atoms with van der Waals surface area (Å²) in [6.07, 6.45) is 5.11. The van der Waals surface area contributed by atoms with E-state index in [1.165, 1.54) is 12.3 Å². The Kier molecular flexibility index (Phi) is 3.54. The third-order valence-electron chi connectivity index (χ3n) is 3.84. The van der Waals surface area contributed by atoms with Crippen LogP contribution in [0.5, 0.6) is 0 Å². The number of aromatic amines is 1. The highest BCUT2D eigenvalue weighted by molar-refractivity contribution is 6.03. The maximum absolute atomic E-state index is 11.6. The Bertz CT molecular complexity index is 752. The van der Waals surface area contributed by atoms with Crippen molar-refractivity contribution in [3.63, 3.8) is 0 Å². The molecule has 0 spiro atoms. The summed E-state index contributed by atoms with van der Waals surface area (Å²) in [6.45, 7) is 4.64. The standard InChI is InChI=1S/C15H16N4O3/c1-2-12(20)19-6-4-9(8-19)18-13-10-3-5-16-14(10)17-7-11(13)15(21)22/h2-3,5,7,9H,1,4,6,8H2,(H,21,22)(H2,16,17,18)/t9-/m1/s1. The molecule has 0 aliphatic carbocycles. The van der Waals surface area contributed by atoms with Crippen LogP contribution in [0.2, 0.25) is 0 Å². The lowest BCUT2D eigenvalue weighted by atomic mass is 10.1. The predicted molar refractivity (Wildman–Crippen MR) is 81.9 cm³/mol. The second kappa shape index (κ2) is 5.51. The molecule has 1 amide bonds. The van der Waals surface area contributed by atoms with E-state index in [4.69, 9.17) is 0 Å². The molecule has 2 aromatic rings. The van der Waals surface area contributed by atoms with E-state index in [1.54, 1.807) is 17.2 Å². The molecular formula is C15H16N4O3.